The first-order valence-corrected chi connectivity index (χ1v) is 8.49. The molecule has 146 valence electrons. The molecule has 0 bridgehead atoms. The molecule has 28 heavy (non-hydrogen) atoms. The van der Waals surface area contributed by atoms with Crippen LogP contribution in [-0.2, 0) is 13.1 Å². The molecule has 1 aromatic carbocycles. The smallest absolute Gasteiger partial charge is 0.257 e. The van der Waals surface area contributed by atoms with Crippen LogP contribution >= 0.6 is 12.4 Å². The fraction of sp³-hybridized carbons (Fsp3) is 0.211. The normalized spacial score (nSPS) is 11.2. The molecule has 0 saturated carbocycles. The molecule has 6 nitrogen and oxygen atoms in total. The summed E-state index contributed by atoms with van der Waals surface area (Å²) in [4.78, 5) is 4.44. The van der Waals surface area contributed by atoms with Gasteiger partial charge >= 0.3 is 0 Å². The standard InChI is InChI=1S/C19H18F2N6.ClH/c1-12-4-13(2-3-14(12)6-22)19-17-5-15(9-27(17)25-11-23-19)16-7-24-26(8-16)10-18(20)21;/h2-5,7-9,11,18H,6,10,22H2,1H3;1H. The van der Waals surface area contributed by atoms with Crippen molar-refractivity contribution in [3.05, 3.63) is 60.3 Å². The third-order valence-corrected chi connectivity index (χ3v) is 4.53. The van der Waals surface area contributed by atoms with Gasteiger partial charge in [0.2, 0.25) is 0 Å². The highest BCUT2D eigenvalue weighted by molar-refractivity contribution is 5.85. The van der Waals surface area contributed by atoms with Gasteiger partial charge in [0.15, 0.2) is 0 Å². The molecular weight excluding hydrogens is 386 g/mol. The number of rotatable bonds is 5. The van der Waals surface area contributed by atoms with Gasteiger partial charge in [-0.1, -0.05) is 12.1 Å². The van der Waals surface area contributed by atoms with Crippen LogP contribution in [0, 0.1) is 6.92 Å². The van der Waals surface area contributed by atoms with E-state index in [1.165, 1.54) is 11.0 Å². The van der Waals surface area contributed by atoms with Gasteiger partial charge in [-0.15, -0.1) is 12.4 Å². The van der Waals surface area contributed by atoms with E-state index < -0.39 is 13.0 Å². The van der Waals surface area contributed by atoms with Crippen LogP contribution in [0.2, 0.25) is 0 Å². The van der Waals surface area contributed by atoms with Crippen LogP contribution in [0.3, 0.4) is 0 Å². The van der Waals surface area contributed by atoms with Crippen molar-refractivity contribution in [2.24, 2.45) is 5.73 Å². The van der Waals surface area contributed by atoms with Crippen molar-refractivity contribution in [2.75, 3.05) is 0 Å². The number of aryl methyl sites for hydroxylation is 1. The average molecular weight is 405 g/mol. The Morgan fingerprint density at radius 1 is 1.07 bits per heavy atom. The van der Waals surface area contributed by atoms with E-state index in [1.807, 2.05) is 31.3 Å². The van der Waals surface area contributed by atoms with Crippen LogP contribution in [0.1, 0.15) is 11.1 Å². The molecule has 2 N–H and O–H groups in total. The van der Waals surface area contributed by atoms with E-state index in [2.05, 4.69) is 21.2 Å². The maximum absolute atomic E-state index is 12.5. The number of hydrogen-bond donors (Lipinski definition) is 1. The number of fused-ring (bicyclic) bond motifs is 1. The molecule has 0 atom stereocenters. The summed E-state index contributed by atoms with van der Waals surface area (Å²) in [6.45, 7) is 2.08. The lowest BCUT2D eigenvalue weighted by molar-refractivity contribution is 0.122. The Bertz CT molecular complexity index is 1100. The molecule has 4 rings (SSSR count). The van der Waals surface area contributed by atoms with Gasteiger partial charge in [-0.25, -0.2) is 18.3 Å². The molecule has 4 aromatic rings. The third-order valence-electron chi connectivity index (χ3n) is 4.53. The van der Waals surface area contributed by atoms with Crippen molar-refractivity contribution in [3.8, 4) is 22.4 Å². The molecule has 0 aliphatic rings. The number of halogens is 3. The predicted molar refractivity (Wildman–Crippen MR) is 106 cm³/mol. The van der Waals surface area contributed by atoms with E-state index in [9.17, 15) is 8.78 Å². The van der Waals surface area contributed by atoms with Gasteiger partial charge in [0, 0.05) is 35.6 Å². The van der Waals surface area contributed by atoms with Gasteiger partial charge < -0.3 is 5.73 Å². The molecular formula is C19H19ClF2N6. The predicted octanol–water partition coefficient (Wildman–Crippen LogP) is 3.71. The van der Waals surface area contributed by atoms with E-state index in [0.717, 1.165) is 39.0 Å². The van der Waals surface area contributed by atoms with Crippen molar-refractivity contribution >= 4 is 17.9 Å². The lowest BCUT2D eigenvalue weighted by Gasteiger charge is -2.07. The van der Waals surface area contributed by atoms with E-state index in [0.29, 0.717) is 6.54 Å². The van der Waals surface area contributed by atoms with Crippen molar-refractivity contribution in [1.82, 2.24) is 24.4 Å². The van der Waals surface area contributed by atoms with Crippen LogP contribution in [-0.4, -0.2) is 30.8 Å². The molecule has 3 aromatic heterocycles. The van der Waals surface area contributed by atoms with Crippen LogP contribution in [0.15, 0.2) is 49.2 Å². The second-order valence-electron chi connectivity index (χ2n) is 6.35. The van der Waals surface area contributed by atoms with Gasteiger partial charge in [-0.3, -0.25) is 4.68 Å². The molecule has 0 spiro atoms. The van der Waals surface area contributed by atoms with Gasteiger partial charge in [0.25, 0.3) is 6.43 Å². The third kappa shape index (κ3) is 3.74. The zero-order valence-electron chi connectivity index (χ0n) is 15.1. The quantitative estimate of drug-likeness (QED) is 0.550. The number of alkyl halides is 2. The number of benzene rings is 1. The lowest BCUT2D eigenvalue weighted by Crippen LogP contribution is -2.06. The molecule has 0 aliphatic carbocycles. The zero-order valence-corrected chi connectivity index (χ0v) is 15.9. The Kier molecular flexibility index (Phi) is 5.71. The number of nitrogens with two attached hydrogens (primary N) is 1. The Labute approximate surface area is 166 Å². The molecule has 9 heteroatoms. The van der Waals surface area contributed by atoms with Crippen LogP contribution in [0.5, 0.6) is 0 Å². The van der Waals surface area contributed by atoms with Gasteiger partial charge in [0.05, 0.1) is 17.4 Å². The minimum atomic E-state index is -2.44. The second-order valence-corrected chi connectivity index (χ2v) is 6.35. The molecule has 0 unspecified atom stereocenters. The van der Waals surface area contributed by atoms with Crippen molar-refractivity contribution in [1.29, 1.82) is 0 Å². The molecule has 0 amide bonds. The Morgan fingerprint density at radius 3 is 2.61 bits per heavy atom. The van der Waals surface area contributed by atoms with E-state index in [4.69, 9.17) is 5.73 Å². The molecule has 0 radical (unpaired) electrons. The van der Waals surface area contributed by atoms with E-state index in [-0.39, 0.29) is 12.4 Å². The monoisotopic (exact) mass is 404 g/mol. The average Bonchev–Trinajstić information content (AvgIpc) is 3.27. The number of hydrogen-bond acceptors (Lipinski definition) is 4. The minimum Gasteiger partial charge on any atom is -0.326 e. The SMILES string of the molecule is Cc1cc(-c2ncnn3cc(-c4cnn(CC(F)F)c4)cc23)ccc1CN.Cl. The van der Waals surface area contributed by atoms with Gasteiger partial charge in [-0.2, -0.15) is 10.2 Å². The van der Waals surface area contributed by atoms with Gasteiger partial charge in [-0.05, 0) is 30.2 Å². The maximum Gasteiger partial charge on any atom is 0.257 e. The highest BCUT2D eigenvalue weighted by atomic mass is 35.5. The number of nitrogens with zero attached hydrogens (tertiary/aromatic N) is 5. The highest BCUT2D eigenvalue weighted by Crippen LogP contribution is 2.28. The summed E-state index contributed by atoms with van der Waals surface area (Å²) in [6.07, 6.45) is 4.07. The first-order chi connectivity index (χ1) is 13.0. The minimum absolute atomic E-state index is 0. The first-order valence-electron chi connectivity index (χ1n) is 8.49. The van der Waals surface area contributed by atoms with Crippen LogP contribution < -0.4 is 5.73 Å². The highest BCUT2D eigenvalue weighted by Gasteiger charge is 2.13. The largest absolute Gasteiger partial charge is 0.326 e. The summed E-state index contributed by atoms with van der Waals surface area (Å²) < 4.78 is 28.0. The van der Waals surface area contributed by atoms with Crippen molar-refractivity contribution < 1.29 is 8.78 Å². The molecule has 0 saturated heterocycles. The Morgan fingerprint density at radius 2 is 1.89 bits per heavy atom. The fourth-order valence-corrected chi connectivity index (χ4v) is 3.14. The second kappa shape index (κ2) is 8.04. The van der Waals surface area contributed by atoms with Crippen LogP contribution in [0.4, 0.5) is 8.78 Å². The van der Waals surface area contributed by atoms with Crippen molar-refractivity contribution in [2.45, 2.75) is 26.4 Å². The lowest BCUT2D eigenvalue weighted by atomic mass is 10.0. The summed E-state index contributed by atoms with van der Waals surface area (Å²) in [5, 5.41) is 8.26. The summed E-state index contributed by atoms with van der Waals surface area (Å²) in [5.74, 6) is 0. The fourth-order valence-electron chi connectivity index (χ4n) is 3.14. The Hall–Kier alpha value is -2.84. The topological polar surface area (TPSA) is 74.0 Å². The summed E-state index contributed by atoms with van der Waals surface area (Å²) >= 11 is 0. The maximum atomic E-state index is 12.5. The summed E-state index contributed by atoms with van der Waals surface area (Å²) in [7, 11) is 0. The van der Waals surface area contributed by atoms with Crippen molar-refractivity contribution in [3.63, 3.8) is 0 Å². The van der Waals surface area contributed by atoms with Gasteiger partial charge in [0.1, 0.15) is 12.9 Å². The summed E-state index contributed by atoms with van der Waals surface area (Å²) in [5.41, 5.74) is 12.1. The van der Waals surface area contributed by atoms with Crippen LogP contribution in [0.25, 0.3) is 27.9 Å². The summed E-state index contributed by atoms with van der Waals surface area (Å²) in [6, 6.07) is 7.98. The zero-order chi connectivity index (χ0) is 19.0. The Balaban J connectivity index is 0.00000225. The van der Waals surface area contributed by atoms with E-state index in [1.54, 1.807) is 16.9 Å². The van der Waals surface area contributed by atoms with E-state index >= 15 is 0 Å². The molecule has 3 heterocycles. The molecule has 0 fully saturated rings. The first kappa shape index (κ1) is 19.9. The number of aromatic nitrogens is 5. The molecule has 0 aliphatic heterocycles.